The number of hydrogen-bond donors (Lipinski definition) is 2. The average Bonchev–Trinajstić information content (AvgIpc) is 3.18. The summed E-state index contributed by atoms with van der Waals surface area (Å²) >= 11 is 6.14. The Morgan fingerprint density at radius 2 is 2.24 bits per heavy atom. The molecular weight excluding hydrogens is 286 g/mol. The smallest absolute Gasteiger partial charge is 0.271 e. The van der Waals surface area contributed by atoms with Crippen molar-refractivity contribution < 1.29 is 4.79 Å². The number of carbonyl (C=O) groups is 1. The van der Waals surface area contributed by atoms with E-state index in [0.29, 0.717) is 18.0 Å². The Balaban J connectivity index is 1.59. The first-order valence-corrected chi connectivity index (χ1v) is 7.61. The zero-order valence-electron chi connectivity index (χ0n) is 11.9. The molecule has 2 N–H and O–H groups in total. The van der Waals surface area contributed by atoms with Crippen molar-refractivity contribution in [1.82, 2.24) is 15.5 Å². The van der Waals surface area contributed by atoms with E-state index in [1.54, 1.807) is 0 Å². The molecule has 0 saturated heterocycles. The second-order valence-electron chi connectivity index (χ2n) is 5.65. The molecule has 1 amide bonds. The van der Waals surface area contributed by atoms with Crippen molar-refractivity contribution in [3.63, 3.8) is 0 Å². The Bertz CT molecular complexity index is 648. The second-order valence-corrected chi connectivity index (χ2v) is 6.06. The summed E-state index contributed by atoms with van der Waals surface area (Å²) < 4.78 is 0. The van der Waals surface area contributed by atoms with Crippen LogP contribution in [0.5, 0.6) is 0 Å². The van der Waals surface area contributed by atoms with Gasteiger partial charge in [-0.1, -0.05) is 29.8 Å². The van der Waals surface area contributed by atoms with E-state index >= 15 is 0 Å². The van der Waals surface area contributed by atoms with Gasteiger partial charge < -0.3 is 5.32 Å². The highest BCUT2D eigenvalue weighted by molar-refractivity contribution is 6.31. The number of benzene rings is 1. The Morgan fingerprint density at radius 1 is 1.48 bits per heavy atom. The van der Waals surface area contributed by atoms with E-state index in [-0.39, 0.29) is 11.9 Å². The van der Waals surface area contributed by atoms with Crippen molar-refractivity contribution >= 4 is 17.5 Å². The van der Waals surface area contributed by atoms with Crippen LogP contribution in [-0.4, -0.2) is 22.1 Å². The summed E-state index contributed by atoms with van der Waals surface area (Å²) in [7, 11) is 0. The van der Waals surface area contributed by atoms with Crippen LogP contribution in [0.2, 0.25) is 5.02 Å². The number of nitrogens with zero attached hydrogens (tertiary/aromatic N) is 1. The lowest BCUT2D eigenvalue weighted by Gasteiger charge is -2.13. The van der Waals surface area contributed by atoms with E-state index in [9.17, 15) is 4.79 Å². The first-order valence-electron chi connectivity index (χ1n) is 7.23. The molecule has 4 nitrogen and oxygen atoms in total. The van der Waals surface area contributed by atoms with Crippen LogP contribution >= 0.6 is 11.6 Å². The number of aromatic amines is 1. The lowest BCUT2D eigenvalue weighted by Crippen LogP contribution is -2.34. The van der Waals surface area contributed by atoms with Gasteiger partial charge in [0.25, 0.3) is 5.91 Å². The van der Waals surface area contributed by atoms with Gasteiger partial charge in [0, 0.05) is 22.7 Å². The number of H-pyrrole nitrogens is 1. The van der Waals surface area contributed by atoms with Crippen molar-refractivity contribution in [2.24, 2.45) is 0 Å². The minimum atomic E-state index is -0.141. The van der Waals surface area contributed by atoms with Gasteiger partial charge in [-0.05, 0) is 43.9 Å². The third-order valence-corrected chi connectivity index (χ3v) is 4.08. The topological polar surface area (TPSA) is 57.8 Å². The molecule has 0 bridgehead atoms. The van der Waals surface area contributed by atoms with Crippen LogP contribution < -0.4 is 5.32 Å². The molecule has 1 aromatic carbocycles. The second kappa shape index (κ2) is 5.90. The number of aromatic nitrogens is 2. The molecule has 5 heteroatoms. The molecule has 1 saturated carbocycles. The Kier molecular flexibility index (Phi) is 3.97. The van der Waals surface area contributed by atoms with Gasteiger partial charge in [0.2, 0.25) is 0 Å². The van der Waals surface area contributed by atoms with Crippen molar-refractivity contribution in [3.05, 3.63) is 52.3 Å². The zero-order chi connectivity index (χ0) is 14.8. The monoisotopic (exact) mass is 303 g/mol. The predicted octanol–water partition coefficient (Wildman–Crippen LogP) is 3.30. The normalized spacial score (nSPS) is 15.7. The summed E-state index contributed by atoms with van der Waals surface area (Å²) in [4.78, 5) is 12.2. The van der Waals surface area contributed by atoms with E-state index in [0.717, 1.165) is 16.3 Å². The highest BCUT2D eigenvalue weighted by atomic mass is 35.5. The van der Waals surface area contributed by atoms with Gasteiger partial charge >= 0.3 is 0 Å². The summed E-state index contributed by atoms with van der Waals surface area (Å²) in [6, 6.07) is 9.54. The van der Waals surface area contributed by atoms with Crippen LogP contribution in [0.3, 0.4) is 0 Å². The molecule has 1 fully saturated rings. The maximum absolute atomic E-state index is 12.2. The molecule has 1 aromatic heterocycles. The van der Waals surface area contributed by atoms with E-state index in [4.69, 9.17) is 11.6 Å². The van der Waals surface area contributed by atoms with Crippen molar-refractivity contribution in [1.29, 1.82) is 0 Å². The maximum atomic E-state index is 12.2. The molecule has 0 spiro atoms. The van der Waals surface area contributed by atoms with Crippen LogP contribution in [0.25, 0.3) is 0 Å². The number of nitrogens with one attached hydrogen (secondary N) is 2. The number of carbonyl (C=O) groups excluding carboxylic acids is 1. The fourth-order valence-corrected chi connectivity index (χ4v) is 2.61. The number of rotatable bonds is 5. The highest BCUT2D eigenvalue weighted by Crippen LogP contribution is 2.38. The van der Waals surface area contributed by atoms with Gasteiger partial charge in [0.15, 0.2) is 0 Å². The van der Waals surface area contributed by atoms with Crippen molar-refractivity contribution in [3.8, 4) is 0 Å². The van der Waals surface area contributed by atoms with Gasteiger partial charge in [-0.2, -0.15) is 5.10 Å². The average molecular weight is 304 g/mol. The van der Waals surface area contributed by atoms with Gasteiger partial charge in [-0.3, -0.25) is 9.89 Å². The van der Waals surface area contributed by atoms with Gasteiger partial charge in [0.1, 0.15) is 5.69 Å². The van der Waals surface area contributed by atoms with Crippen LogP contribution in [0.15, 0.2) is 30.3 Å². The van der Waals surface area contributed by atoms with Crippen LogP contribution in [0.4, 0.5) is 0 Å². The first-order chi connectivity index (χ1) is 10.1. The Labute approximate surface area is 128 Å². The fraction of sp³-hybridized carbons (Fsp3) is 0.375. The number of amides is 1. The largest absolute Gasteiger partial charge is 0.348 e. The molecule has 1 aliphatic carbocycles. The van der Waals surface area contributed by atoms with Gasteiger partial charge in [0.05, 0.1) is 0 Å². The Morgan fingerprint density at radius 3 is 2.95 bits per heavy atom. The maximum Gasteiger partial charge on any atom is 0.271 e. The lowest BCUT2D eigenvalue weighted by molar-refractivity contribution is 0.0935. The molecule has 0 radical (unpaired) electrons. The summed E-state index contributed by atoms with van der Waals surface area (Å²) in [6.45, 7) is 1.97. The van der Waals surface area contributed by atoms with Crippen LogP contribution in [0.1, 0.15) is 47.4 Å². The molecular formula is C16H18ClN3O. The molecule has 1 unspecified atom stereocenters. The molecule has 1 atom stereocenters. The molecule has 1 heterocycles. The van der Waals surface area contributed by atoms with Crippen molar-refractivity contribution in [2.45, 2.75) is 38.1 Å². The SMILES string of the molecule is CC(Cc1ccccc1Cl)NC(=O)c1cc(C2CC2)[nH]n1. The summed E-state index contributed by atoms with van der Waals surface area (Å²) in [6.07, 6.45) is 3.07. The van der Waals surface area contributed by atoms with Gasteiger partial charge in [-0.15, -0.1) is 0 Å². The molecule has 2 aromatic rings. The molecule has 1 aliphatic rings. The highest BCUT2D eigenvalue weighted by Gasteiger charge is 2.26. The third-order valence-electron chi connectivity index (χ3n) is 3.71. The number of halogens is 1. The van der Waals surface area contributed by atoms with Crippen molar-refractivity contribution in [2.75, 3.05) is 0 Å². The summed E-state index contributed by atoms with van der Waals surface area (Å²) in [5.74, 6) is 0.428. The van der Waals surface area contributed by atoms with E-state index in [1.165, 1.54) is 12.8 Å². The summed E-state index contributed by atoms with van der Waals surface area (Å²) in [5, 5.41) is 10.7. The lowest BCUT2D eigenvalue weighted by atomic mass is 10.1. The van der Waals surface area contributed by atoms with Gasteiger partial charge in [-0.25, -0.2) is 0 Å². The Hall–Kier alpha value is -1.81. The fourth-order valence-electron chi connectivity index (χ4n) is 2.40. The summed E-state index contributed by atoms with van der Waals surface area (Å²) in [5.41, 5.74) is 2.56. The third kappa shape index (κ3) is 3.45. The quantitative estimate of drug-likeness (QED) is 0.890. The minimum absolute atomic E-state index is 0.00141. The molecule has 3 rings (SSSR count). The standard InChI is InChI=1S/C16H18ClN3O/c1-10(8-12-4-2-3-5-13(12)17)18-16(21)15-9-14(19-20-15)11-6-7-11/h2-5,9-11H,6-8H2,1H3,(H,18,21)(H,19,20). The molecule has 21 heavy (non-hydrogen) atoms. The first kappa shape index (κ1) is 14.1. The molecule has 110 valence electrons. The van der Waals surface area contributed by atoms with E-state index in [2.05, 4.69) is 15.5 Å². The number of hydrogen-bond acceptors (Lipinski definition) is 2. The zero-order valence-corrected chi connectivity index (χ0v) is 12.7. The van der Waals surface area contributed by atoms with E-state index < -0.39 is 0 Å². The molecule has 0 aliphatic heterocycles. The predicted molar refractivity (Wildman–Crippen MR) is 82.6 cm³/mol. The minimum Gasteiger partial charge on any atom is -0.348 e. The van der Waals surface area contributed by atoms with Crippen LogP contribution in [0, 0.1) is 0 Å². The van der Waals surface area contributed by atoms with E-state index in [1.807, 2.05) is 37.3 Å². The van der Waals surface area contributed by atoms with Crippen LogP contribution in [-0.2, 0) is 6.42 Å².